The standard InChI is InChI=1S/C48H32S/c1-3-16-35(17-4-1)48(36-18-5-2-6-19-36)43-24-11-9-21-38(43)39-28-26-34(31-44(39)48)47(41-23-13-15-32-14-7-8-20-37(32)41)33-27-29-46-42(30-33)40-22-10-12-25-45(40)49-46/h1-31,47H. The average Bonchev–Trinajstić information content (AvgIpc) is 3.69. The van der Waals surface area contributed by atoms with Crippen LogP contribution in [0.1, 0.15) is 44.9 Å². The Bertz CT molecular complexity index is 2620. The zero-order valence-corrected chi connectivity index (χ0v) is 27.7. The Morgan fingerprint density at radius 3 is 1.80 bits per heavy atom. The van der Waals surface area contributed by atoms with E-state index in [0.717, 1.165) is 0 Å². The summed E-state index contributed by atoms with van der Waals surface area (Å²) in [6, 6.07) is 70.2. The van der Waals surface area contributed by atoms with Crippen molar-refractivity contribution in [3.63, 3.8) is 0 Å². The van der Waals surface area contributed by atoms with Gasteiger partial charge >= 0.3 is 0 Å². The van der Waals surface area contributed by atoms with Crippen molar-refractivity contribution in [1.82, 2.24) is 0 Å². The second-order valence-electron chi connectivity index (χ2n) is 13.2. The molecule has 1 unspecified atom stereocenters. The third-order valence-corrected chi connectivity index (χ3v) is 11.8. The van der Waals surface area contributed by atoms with E-state index < -0.39 is 5.41 Å². The first kappa shape index (κ1) is 28.3. The normalized spacial score (nSPS) is 13.8. The monoisotopic (exact) mass is 640 g/mol. The Balaban J connectivity index is 1.29. The maximum absolute atomic E-state index is 2.54. The average molecular weight is 641 g/mol. The van der Waals surface area contributed by atoms with Crippen LogP contribution in [0, 0.1) is 0 Å². The summed E-state index contributed by atoms with van der Waals surface area (Å²) in [6.45, 7) is 0. The second-order valence-corrected chi connectivity index (χ2v) is 14.3. The van der Waals surface area contributed by atoms with Crippen molar-refractivity contribution in [3.8, 4) is 11.1 Å². The van der Waals surface area contributed by atoms with E-state index in [4.69, 9.17) is 0 Å². The molecule has 8 aromatic carbocycles. The van der Waals surface area contributed by atoms with Gasteiger partial charge in [-0.15, -0.1) is 11.3 Å². The molecule has 0 bridgehead atoms. The van der Waals surface area contributed by atoms with Crippen molar-refractivity contribution in [3.05, 3.63) is 227 Å². The number of benzene rings is 8. The summed E-state index contributed by atoms with van der Waals surface area (Å²) >= 11 is 1.88. The van der Waals surface area contributed by atoms with E-state index in [2.05, 4.69) is 188 Å². The number of thiophene rings is 1. The van der Waals surface area contributed by atoms with Crippen LogP contribution < -0.4 is 0 Å². The molecule has 1 aliphatic carbocycles. The zero-order chi connectivity index (χ0) is 32.4. The van der Waals surface area contributed by atoms with Crippen LogP contribution >= 0.6 is 11.3 Å². The van der Waals surface area contributed by atoms with Gasteiger partial charge in [-0.05, 0) is 79.0 Å². The van der Waals surface area contributed by atoms with Gasteiger partial charge in [0.15, 0.2) is 0 Å². The molecule has 0 spiro atoms. The number of fused-ring (bicyclic) bond motifs is 7. The van der Waals surface area contributed by atoms with E-state index >= 15 is 0 Å². The summed E-state index contributed by atoms with van der Waals surface area (Å²) in [6.07, 6.45) is 0. The molecule has 1 aliphatic rings. The molecule has 9 aromatic rings. The molecule has 0 fully saturated rings. The number of rotatable bonds is 5. The molecule has 0 nitrogen and oxygen atoms in total. The van der Waals surface area contributed by atoms with Crippen molar-refractivity contribution in [2.75, 3.05) is 0 Å². The Morgan fingerprint density at radius 2 is 0.980 bits per heavy atom. The maximum atomic E-state index is 2.54. The molecule has 1 aromatic heterocycles. The lowest BCUT2D eigenvalue weighted by molar-refractivity contribution is 0.765. The summed E-state index contributed by atoms with van der Waals surface area (Å²) in [5.41, 5.74) is 11.4. The van der Waals surface area contributed by atoms with Crippen LogP contribution in [0.4, 0.5) is 0 Å². The van der Waals surface area contributed by atoms with E-state index in [1.165, 1.54) is 81.0 Å². The minimum atomic E-state index is -0.443. The fourth-order valence-corrected chi connectivity index (χ4v) is 9.71. The van der Waals surface area contributed by atoms with Crippen LogP contribution in [-0.2, 0) is 5.41 Å². The molecule has 1 heteroatoms. The van der Waals surface area contributed by atoms with Gasteiger partial charge < -0.3 is 0 Å². The molecular weight excluding hydrogens is 609 g/mol. The first-order valence-corrected chi connectivity index (χ1v) is 17.9. The van der Waals surface area contributed by atoms with E-state index in [9.17, 15) is 0 Å². The summed E-state index contributed by atoms with van der Waals surface area (Å²) in [7, 11) is 0. The van der Waals surface area contributed by atoms with Gasteiger partial charge in [0.25, 0.3) is 0 Å². The fourth-order valence-electron chi connectivity index (χ4n) is 8.62. The van der Waals surface area contributed by atoms with E-state index in [1.807, 2.05) is 11.3 Å². The molecule has 0 radical (unpaired) electrons. The van der Waals surface area contributed by atoms with Crippen LogP contribution in [-0.4, -0.2) is 0 Å². The van der Waals surface area contributed by atoms with E-state index in [-0.39, 0.29) is 5.92 Å². The largest absolute Gasteiger partial charge is 0.135 e. The molecule has 10 rings (SSSR count). The third kappa shape index (κ3) is 4.22. The molecule has 0 saturated carbocycles. The summed E-state index contributed by atoms with van der Waals surface area (Å²) in [5.74, 6) is 0.0346. The molecule has 1 atom stereocenters. The quantitative estimate of drug-likeness (QED) is 0.164. The van der Waals surface area contributed by atoms with Crippen molar-refractivity contribution >= 4 is 42.3 Å². The third-order valence-electron chi connectivity index (χ3n) is 10.7. The molecule has 230 valence electrons. The predicted molar refractivity (Wildman–Crippen MR) is 208 cm³/mol. The smallest absolute Gasteiger partial charge is 0.0713 e. The maximum Gasteiger partial charge on any atom is 0.0713 e. The predicted octanol–water partition coefficient (Wildman–Crippen LogP) is 12.8. The molecule has 49 heavy (non-hydrogen) atoms. The Labute approximate surface area is 290 Å². The Hall–Kier alpha value is -5.76. The van der Waals surface area contributed by atoms with Crippen molar-refractivity contribution in [1.29, 1.82) is 0 Å². The van der Waals surface area contributed by atoms with Crippen LogP contribution in [0.3, 0.4) is 0 Å². The van der Waals surface area contributed by atoms with Gasteiger partial charge in [-0.3, -0.25) is 0 Å². The van der Waals surface area contributed by atoms with Gasteiger partial charge in [0.05, 0.1) is 5.41 Å². The molecule has 0 amide bonds. The highest BCUT2D eigenvalue weighted by Gasteiger charge is 2.46. The first-order valence-electron chi connectivity index (χ1n) is 17.0. The van der Waals surface area contributed by atoms with Gasteiger partial charge in [0, 0.05) is 26.1 Å². The minimum absolute atomic E-state index is 0.0346. The lowest BCUT2D eigenvalue weighted by atomic mass is 9.67. The van der Waals surface area contributed by atoms with E-state index in [1.54, 1.807) is 0 Å². The second kappa shape index (κ2) is 11.2. The van der Waals surface area contributed by atoms with Crippen molar-refractivity contribution in [2.24, 2.45) is 0 Å². The van der Waals surface area contributed by atoms with Gasteiger partial charge in [0.1, 0.15) is 0 Å². The zero-order valence-electron chi connectivity index (χ0n) is 26.9. The minimum Gasteiger partial charge on any atom is -0.135 e. The fraction of sp³-hybridized carbons (Fsp3) is 0.0417. The highest BCUT2D eigenvalue weighted by atomic mass is 32.1. The topological polar surface area (TPSA) is 0 Å². The first-order chi connectivity index (χ1) is 24.3. The Morgan fingerprint density at radius 1 is 0.388 bits per heavy atom. The van der Waals surface area contributed by atoms with Crippen LogP contribution in [0.2, 0.25) is 0 Å². The number of hydrogen-bond acceptors (Lipinski definition) is 1. The molecule has 0 N–H and O–H groups in total. The molecule has 0 aliphatic heterocycles. The van der Waals surface area contributed by atoms with Crippen LogP contribution in [0.5, 0.6) is 0 Å². The van der Waals surface area contributed by atoms with Crippen LogP contribution in [0.25, 0.3) is 42.1 Å². The van der Waals surface area contributed by atoms with Crippen molar-refractivity contribution < 1.29 is 0 Å². The molecule has 1 heterocycles. The highest BCUT2D eigenvalue weighted by Crippen LogP contribution is 2.57. The summed E-state index contributed by atoms with van der Waals surface area (Å²) in [5, 5.41) is 5.23. The molecular formula is C48H32S. The Kier molecular flexibility index (Phi) is 6.44. The van der Waals surface area contributed by atoms with Gasteiger partial charge in [-0.1, -0.05) is 170 Å². The van der Waals surface area contributed by atoms with Gasteiger partial charge in [-0.25, -0.2) is 0 Å². The van der Waals surface area contributed by atoms with Gasteiger partial charge in [0.2, 0.25) is 0 Å². The summed E-state index contributed by atoms with van der Waals surface area (Å²) in [4.78, 5) is 0. The SMILES string of the molecule is c1ccc(C2(c3ccccc3)c3ccccc3-c3ccc(C(c4ccc5sc6ccccc6c5c4)c4cccc5ccccc45)cc32)cc1. The number of hydrogen-bond donors (Lipinski definition) is 0. The van der Waals surface area contributed by atoms with Crippen LogP contribution in [0.15, 0.2) is 188 Å². The molecule has 0 saturated heterocycles. The van der Waals surface area contributed by atoms with Crippen molar-refractivity contribution in [2.45, 2.75) is 11.3 Å². The lowest BCUT2D eigenvalue weighted by Crippen LogP contribution is -2.28. The lowest BCUT2D eigenvalue weighted by Gasteiger charge is -2.34. The highest BCUT2D eigenvalue weighted by molar-refractivity contribution is 7.25. The summed E-state index contributed by atoms with van der Waals surface area (Å²) < 4.78 is 2.67. The van der Waals surface area contributed by atoms with Gasteiger partial charge in [-0.2, -0.15) is 0 Å². The van der Waals surface area contributed by atoms with E-state index in [0.29, 0.717) is 0 Å².